The molecule has 1 N–H and O–H groups in total. The molecular formula is C19H15F3N4O3. The Kier molecular flexibility index (Phi) is 5.62. The van der Waals surface area contributed by atoms with Crippen LogP contribution in [-0.2, 0) is 12.6 Å². The molecule has 0 spiro atoms. The second kappa shape index (κ2) is 8.13. The Morgan fingerprint density at radius 2 is 1.79 bits per heavy atom. The Morgan fingerprint density at radius 1 is 1.10 bits per heavy atom. The van der Waals surface area contributed by atoms with Crippen molar-refractivity contribution in [3.05, 3.63) is 87.7 Å². The lowest BCUT2D eigenvalue weighted by atomic mass is 10.0. The van der Waals surface area contributed by atoms with Gasteiger partial charge in [-0.1, -0.05) is 18.2 Å². The highest BCUT2D eigenvalue weighted by atomic mass is 19.4. The topological polar surface area (TPSA) is 90.1 Å². The van der Waals surface area contributed by atoms with Crippen molar-refractivity contribution < 1.29 is 22.9 Å². The first-order chi connectivity index (χ1) is 13.8. The Labute approximate surface area is 162 Å². The summed E-state index contributed by atoms with van der Waals surface area (Å²) >= 11 is 0. The Hall–Kier alpha value is -3.69. The lowest BCUT2D eigenvalue weighted by Gasteiger charge is -2.12. The molecule has 0 aliphatic rings. The second-order valence-electron chi connectivity index (χ2n) is 6.08. The molecular weight excluding hydrogens is 389 g/mol. The van der Waals surface area contributed by atoms with Gasteiger partial charge in [0.05, 0.1) is 16.2 Å². The van der Waals surface area contributed by atoms with E-state index < -0.39 is 22.6 Å². The molecule has 3 aromatic rings. The van der Waals surface area contributed by atoms with E-state index in [0.29, 0.717) is 5.69 Å². The maximum Gasteiger partial charge on any atom is 0.416 e. The van der Waals surface area contributed by atoms with Crippen molar-refractivity contribution in [1.82, 2.24) is 15.1 Å². The summed E-state index contributed by atoms with van der Waals surface area (Å²) in [6, 6.07) is 12.3. The van der Waals surface area contributed by atoms with Crippen LogP contribution in [0.5, 0.6) is 0 Å². The molecule has 10 heteroatoms. The molecule has 0 saturated heterocycles. The summed E-state index contributed by atoms with van der Waals surface area (Å²) in [6.45, 7) is 0.0102. The SMILES string of the molecule is O=C(NCCc1ccccc1C(F)(F)F)c1ccn(-c2ccc([N+](=O)[O-])cc2)n1. The summed E-state index contributed by atoms with van der Waals surface area (Å²) in [6.07, 6.45) is -2.93. The van der Waals surface area contributed by atoms with E-state index in [1.54, 1.807) is 0 Å². The first kappa shape index (κ1) is 20.1. The Bertz CT molecular complexity index is 1030. The fraction of sp³-hybridized carbons (Fsp3) is 0.158. The molecule has 29 heavy (non-hydrogen) atoms. The van der Waals surface area contributed by atoms with Gasteiger partial charge in [-0.2, -0.15) is 18.3 Å². The van der Waals surface area contributed by atoms with Crippen LogP contribution in [-0.4, -0.2) is 27.2 Å². The fourth-order valence-corrected chi connectivity index (χ4v) is 2.73. The minimum atomic E-state index is -4.45. The molecule has 0 atom stereocenters. The van der Waals surface area contributed by atoms with Crippen molar-refractivity contribution >= 4 is 11.6 Å². The molecule has 2 aromatic carbocycles. The molecule has 0 aliphatic carbocycles. The van der Waals surface area contributed by atoms with E-state index >= 15 is 0 Å². The average Bonchev–Trinajstić information content (AvgIpc) is 3.18. The van der Waals surface area contributed by atoms with Crippen molar-refractivity contribution in [1.29, 1.82) is 0 Å². The standard InChI is InChI=1S/C19H15F3N4O3/c20-19(21,22)16-4-2-1-3-13(16)9-11-23-18(27)17-10-12-25(24-17)14-5-7-15(8-6-14)26(28)29/h1-8,10,12H,9,11H2,(H,23,27). The van der Waals surface area contributed by atoms with Crippen LogP contribution in [0.1, 0.15) is 21.6 Å². The van der Waals surface area contributed by atoms with E-state index in [1.165, 1.54) is 59.4 Å². The van der Waals surface area contributed by atoms with Gasteiger partial charge in [0.15, 0.2) is 5.69 Å². The molecule has 0 bridgehead atoms. The normalized spacial score (nSPS) is 11.3. The van der Waals surface area contributed by atoms with Gasteiger partial charge in [-0.05, 0) is 36.2 Å². The van der Waals surface area contributed by atoms with Crippen molar-refractivity contribution in [2.45, 2.75) is 12.6 Å². The number of non-ortho nitro benzene ring substituents is 1. The van der Waals surface area contributed by atoms with Crippen LogP contribution < -0.4 is 5.32 Å². The first-order valence-corrected chi connectivity index (χ1v) is 8.49. The Balaban J connectivity index is 1.62. The quantitative estimate of drug-likeness (QED) is 0.500. The van der Waals surface area contributed by atoms with Gasteiger partial charge in [0.25, 0.3) is 11.6 Å². The van der Waals surface area contributed by atoms with Gasteiger partial charge < -0.3 is 5.32 Å². The number of aromatic nitrogens is 2. The molecule has 1 heterocycles. The Morgan fingerprint density at radius 3 is 2.45 bits per heavy atom. The molecule has 150 valence electrons. The lowest BCUT2D eigenvalue weighted by molar-refractivity contribution is -0.384. The maximum atomic E-state index is 13.0. The van der Waals surface area contributed by atoms with Gasteiger partial charge in [0, 0.05) is 24.9 Å². The van der Waals surface area contributed by atoms with E-state index in [0.717, 1.165) is 6.07 Å². The summed E-state index contributed by atoms with van der Waals surface area (Å²) in [5, 5.41) is 17.3. The van der Waals surface area contributed by atoms with Crippen LogP contribution in [0.15, 0.2) is 60.8 Å². The number of alkyl halides is 3. The second-order valence-corrected chi connectivity index (χ2v) is 6.08. The smallest absolute Gasteiger partial charge is 0.350 e. The molecule has 1 amide bonds. The van der Waals surface area contributed by atoms with E-state index in [2.05, 4.69) is 10.4 Å². The number of nitro groups is 1. The number of carbonyl (C=O) groups excluding carboxylic acids is 1. The number of rotatable bonds is 6. The van der Waals surface area contributed by atoms with Crippen LogP contribution in [0.4, 0.5) is 18.9 Å². The molecule has 0 fully saturated rings. The van der Waals surface area contributed by atoms with E-state index in [9.17, 15) is 28.1 Å². The molecule has 7 nitrogen and oxygen atoms in total. The number of carbonyl (C=O) groups is 1. The van der Waals surface area contributed by atoms with Crippen LogP contribution in [0.3, 0.4) is 0 Å². The van der Waals surface area contributed by atoms with Crippen LogP contribution in [0.2, 0.25) is 0 Å². The van der Waals surface area contributed by atoms with E-state index in [4.69, 9.17) is 0 Å². The molecule has 0 saturated carbocycles. The largest absolute Gasteiger partial charge is 0.416 e. The highest BCUT2D eigenvalue weighted by molar-refractivity contribution is 5.92. The minimum absolute atomic E-state index is 0.0102. The molecule has 1 aromatic heterocycles. The summed E-state index contributed by atoms with van der Waals surface area (Å²) in [5.41, 5.74) is -0.104. The zero-order chi connectivity index (χ0) is 21.0. The third-order valence-electron chi connectivity index (χ3n) is 4.15. The van der Waals surface area contributed by atoms with Gasteiger partial charge in [-0.25, -0.2) is 4.68 Å². The first-order valence-electron chi connectivity index (χ1n) is 8.49. The van der Waals surface area contributed by atoms with Crippen LogP contribution >= 0.6 is 0 Å². The number of nitrogens with zero attached hydrogens (tertiary/aromatic N) is 3. The monoisotopic (exact) mass is 404 g/mol. The molecule has 0 aliphatic heterocycles. The van der Waals surface area contributed by atoms with Gasteiger partial charge >= 0.3 is 6.18 Å². The fourth-order valence-electron chi connectivity index (χ4n) is 2.73. The van der Waals surface area contributed by atoms with Crippen molar-refractivity contribution in [3.8, 4) is 5.69 Å². The summed E-state index contributed by atoms with van der Waals surface area (Å²) in [4.78, 5) is 22.4. The third kappa shape index (κ3) is 4.78. The maximum absolute atomic E-state index is 13.0. The lowest BCUT2D eigenvalue weighted by Crippen LogP contribution is -2.26. The van der Waals surface area contributed by atoms with Crippen molar-refractivity contribution in [3.63, 3.8) is 0 Å². The van der Waals surface area contributed by atoms with Crippen LogP contribution in [0.25, 0.3) is 5.69 Å². The average molecular weight is 404 g/mol. The predicted molar refractivity (Wildman–Crippen MR) is 97.7 cm³/mol. The van der Waals surface area contributed by atoms with E-state index in [-0.39, 0.29) is 29.9 Å². The van der Waals surface area contributed by atoms with Gasteiger partial charge in [-0.15, -0.1) is 0 Å². The number of nitro benzene ring substituents is 1. The number of halogens is 3. The van der Waals surface area contributed by atoms with Crippen molar-refractivity contribution in [2.75, 3.05) is 6.54 Å². The number of benzene rings is 2. The number of nitrogens with one attached hydrogen (secondary N) is 1. The number of amides is 1. The van der Waals surface area contributed by atoms with Crippen LogP contribution in [0, 0.1) is 10.1 Å². The van der Waals surface area contributed by atoms with Gasteiger partial charge in [0.2, 0.25) is 0 Å². The number of hydrogen-bond acceptors (Lipinski definition) is 4. The van der Waals surface area contributed by atoms with Gasteiger partial charge in [-0.3, -0.25) is 14.9 Å². The minimum Gasteiger partial charge on any atom is -0.350 e. The molecule has 0 radical (unpaired) electrons. The highest BCUT2D eigenvalue weighted by Crippen LogP contribution is 2.31. The summed E-state index contributed by atoms with van der Waals surface area (Å²) in [5.74, 6) is -0.532. The zero-order valence-electron chi connectivity index (χ0n) is 14.9. The highest BCUT2D eigenvalue weighted by Gasteiger charge is 2.32. The van der Waals surface area contributed by atoms with Crippen molar-refractivity contribution in [2.24, 2.45) is 0 Å². The molecule has 3 rings (SSSR count). The van der Waals surface area contributed by atoms with Gasteiger partial charge in [0.1, 0.15) is 0 Å². The molecule has 0 unspecified atom stereocenters. The van der Waals surface area contributed by atoms with E-state index in [1.807, 2.05) is 0 Å². The predicted octanol–water partition coefficient (Wildman–Crippen LogP) is 3.77. The third-order valence-corrected chi connectivity index (χ3v) is 4.15. The number of hydrogen-bond donors (Lipinski definition) is 1. The summed E-state index contributed by atoms with van der Waals surface area (Å²) < 4.78 is 40.4. The summed E-state index contributed by atoms with van der Waals surface area (Å²) in [7, 11) is 0. The zero-order valence-corrected chi connectivity index (χ0v) is 14.9.